The van der Waals surface area contributed by atoms with Gasteiger partial charge in [-0.3, -0.25) is 9.78 Å². The average molecular weight is 879 g/mol. The SMILES string of the molecule is O=C(N/N=C\c1ccccn1)c1ccccc1.[C-]#[O+].[Ru+2].c1ccc(P(c2ccccc2)c2ccccc2)cc1.c1ccc(P(c2ccccc2)c2ccccc2)cc1. The van der Waals surface area contributed by atoms with Crippen molar-refractivity contribution >= 4 is 59.8 Å². The molecule has 8 heteroatoms. The first-order valence-corrected chi connectivity index (χ1v) is 20.8. The van der Waals surface area contributed by atoms with Crippen LogP contribution in [-0.2, 0) is 24.1 Å². The van der Waals surface area contributed by atoms with Crippen LogP contribution in [0.1, 0.15) is 16.1 Å². The van der Waals surface area contributed by atoms with Crippen LogP contribution in [0.3, 0.4) is 0 Å². The predicted molar refractivity (Wildman–Crippen MR) is 240 cm³/mol. The monoisotopic (exact) mass is 879 g/mol. The van der Waals surface area contributed by atoms with E-state index >= 15 is 0 Å². The molecule has 0 saturated carbocycles. The summed E-state index contributed by atoms with van der Waals surface area (Å²) < 4.78 is 7.50. The molecule has 1 N–H and O–H groups in total. The van der Waals surface area contributed by atoms with Crippen LogP contribution in [0.5, 0.6) is 0 Å². The van der Waals surface area contributed by atoms with E-state index in [1.54, 1.807) is 36.5 Å². The van der Waals surface area contributed by atoms with Crippen molar-refractivity contribution in [3.63, 3.8) is 0 Å². The zero-order valence-electron chi connectivity index (χ0n) is 31.6. The van der Waals surface area contributed by atoms with Gasteiger partial charge < -0.3 is 0 Å². The molecule has 1 aromatic heterocycles. The Balaban J connectivity index is 0.000000187. The number of hydrogen-bond acceptors (Lipinski definition) is 3. The molecule has 0 radical (unpaired) electrons. The second-order valence-corrected chi connectivity index (χ2v) is 16.4. The van der Waals surface area contributed by atoms with Crippen molar-refractivity contribution in [1.82, 2.24) is 10.4 Å². The molecule has 0 saturated heterocycles. The van der Waals surface area contributed by atoms with E-state index in [1.165, 1.54) is 38.0 Å². The van der Waals surface area contributed by atoms with E-state index in [9.17, 15) is 4.79 Å². The van der Waals surface area contributed by atoms with Crippen molar-refractivity contribution in [2.75, 3.05) is 0 Å². The van der Waals surface area contributed by atoms with Gasteiger partial charge in [0, 0.05) is 11.8 Å². The first-order valence-electron chi connectivity index (χ1n) is 18.2. The van der Waals surface area contributed by atoms with Gasteiger partial charge >= 0.3 is 30.8 Å². The molecule has 0 aliphatic heterocycles. The third-order valence-corrected chi connectivity index (χ3v) is 13.1. The molecule has 0 aliphatic carbocycles. The number of carbonyl (C=O) groups excluding carboxylic acids is 1. The number of pyridine rings is 1. The van der Waals surface area contributed by atoms with Crippen molar-refractivity contribution in [3.05, 3.63) is 255 Å². The van der Waals surface area contributed by atoms with Crippen molar-refractivity contribution < 1.29 is 28.9 Å². The summed E-state index contributed by atoms with van der Waals surface area (Å²) in [5.74, 6) is -0.238. The quantitative estimate of drug-likeness (QED) is 0.0394. The Kier molecular flexibility index (Phi) is 20.1. The minimum Gasteiger partial charge on any atom is -0.0622 e. The van der Waals surface area contributed by atoms with Crippen LogP contribution >= 0.6 is 15.8 Å². The standard InChI is InChI=1S/2C18H15P.C13H11N3O.CO.Ru/c2*1-4-10-16(11-5-1)19(17-12-6-2-7-13-17)18-14-8-3-9-15-18;17-13(11-6-2-1-3-7-11)16-15-10-12-8-4-5-9-14-12;1-2;/h2*1-15H;1-10H,(H,16,17);;/q;;;;+2/b;;15-10-;;. The van der Waals surface area contributed by atoms with Crippen LogP contribution in [0, 0.1) is 6.65 Å². The summed E-state index contributed by atoms with van der Waals surface area (Å²) in [4.78, 5) is 15.6. The molecule has 0 bridgehead atoms. The second kappa shape index (κ2) is 26.1. The van der Waals surface area contributed by atoms with Crippen LogP contribution in [0.2, 0.25) is 0 Å². The van der Waals surface area contributed by atoms with E-state index < -0.39 is 15.8 Å². The summed E-state index contributed by atoms with van der Waals surface area (Å²) in [5.41, 5.74) is 3.71. The van der Waals surface area contributed by atoms with Gasteiger partial charge in [0.1, 0.15) is 0 Å². The van der Waals surface area contributed by atoms with E-state index in [4.69, 9.17) is 4.65 Å². The molecule has 0 spiro atoms. The van der Waals surface area contributed by atoms with E-state index in [2.05, 4.69) is 204 Å². The maximum atomic E-state index is 11.6. The predicted octanol–water partition coefficient (Wildman–Crippen LogP) is 8.70. The van der Waals surface area contributed by atoms with Crippen molar-refractivity contribution in [2.24, 2.45) is 5.10 Å². The van der Waals surface area contributed by atoms with Gasteiger partial charge in [-0.25, -0.2) is 5.43 Å². The second-order valence-electron chi connectivity index (χ2n) is 12.0. The number of amides is 1. The summed E-state index contributed by atoms with van der Waals surface area (Å²) in [6.45, 7) is 4.50. The van der Waals surface area contributed by atoms with Crippen LogP contribution in [0.15, 0.2) is 242 Å². The first kappa shape index (κ1) is 44.8. The zero-order chi connectivity index (χ0) is 39.8. The molecule has 0 aliphatic rings. The number of carbonyl (C=O) groups is 1. The van der Waals surface area contributed by atoms with Gasteiger partial charge in [0.15, 0.2) is 0 Å². The molecular weight excluding hydrogens is 838 g/mol. The Morgan fingerprint density at radius 2 is 0.724 bits per heavy atom. The summed E-state index contributed by atoms with van der Waals surface area (Å²) in [6.07, 6.45) is 3.17. The topological polar surface area (TPSA) is 74.2 Å². The summed E-state index contributed by atoms with van der Waals surface area (Å²) >= 11 is 0. The van der Waals surface area contributed by atoms with E-state index in [1.807, 2.05) is 18.2 Å². The number of nitrogens with one attached hydrogen (secondary N) is 1. The molecule has 0 fully saturated rings. The third-order valence-electron chi connectivity index (χ3n) is 8.17. The molecule has 7 aromatic carbocycles. The molecule has 8 rings (SSSR count). The van der Waals surface area contributed by atoms with Crippen molar-refractivity contribution in [1.29, 1.82) is 0 Å². The number of hydrazone groups is 1. The number of nitrogens with zero attached hydrogens (tertiary/aromatic N) is 2. The fourth-order valence-electron chi connectivity index (χ4n) is 5.62. The Bertz CT molecular complexity index is 2040. The van der Waals surface area contributed by atoms with Crippen LogP contribution in [-0.4, -0.2) is 17.1 Å². The molecule has 0 atom stereocenters. The Morgan fingerprint density at radius 3 is 1.00 bits per heavy atom. The third kappa shape index (κ3) is 14.2. The molecule has 284 valence electrons. The summed E-state index contributed by atoms with van der Waals surface area (Å²) in [7, 11) is -0.892. The first-order chi connectivity index (χ1) is 28.3. The van der Waals surface area contributed by atoms with Gasteiger partial charge in [-0.05, 0) is 71.9 Å². The minimum atomic E-state index is -0.446. The molecule has 0 unspecified atom stereocenters. The van der Waals surface area contributed by atoms with Gasteiger partial charge in [-0.15, -0.1) is 0 Å². The maximum Gasteiger partial charge on any atom is 2.00 e. The summed E-state index contributed by atoms with van der Waals surface area (Å²) in [5, 5.41) is 12.2. The number of aromatic nitrogens is 1. The van der Waals surface area contributed by atoms with Gasteiger partial charge in [0.2, 0.25) is 0 Å². The Morgan fingerprint density at radius 1 is 0.448 bits per heavy atom. The average Bonchev–Trinajstić information content (AvgIpc) is 3.30. The molecule has 5 nitrogen and oxygen atoms in total. The number of hydrogen-bond donors (Lipinski definition) is 1. The molecule has 8 aromatic rings. The molecular formula is C50H41N3O2P2Ru+2. The van der Waals surface area contributed by atoms with E-state index in [-0.39, 0.29) is 25.4 Å². The van der Waals surface area contributed by atoms with Crippen molar-refractivity contribution in [2.45, 2.75) is 0 Å². The Hall–Kier alpha value is -5.95. The molecule has 58 heavy (non-hydrogen) atoms. The maximum absolute atomic E-state index is 11.6. The largest absolute Gasteiger partial charge is 2.00 e. The fourth-order valence-corrected chi connectivity index (χ4v) is 10.2. The number of benzene rings is 7. The van der Waals surface area contributed by atoms with Gasteiger partial charge in [-0.1, -0.05) is 206 Å². The van der Waals surface area contributed by atoms with Crippen molar-refractivity contribution in [3.8, 4) is 0 Å². The van der Waals surface area contributed by atoms with Crippen LogP contribution in [0.25, 0.3) is 0 Å². The van der Waals surface area contributed by atoms with Crippen LogP contribution < -0.4 is 37.3 Å². The zero-order valence-corrected chi connectivity index (χ0v) is 35.1. The smallest absolute Gasteiger partial charge is 0.0622 e. The van der Waals surface area contributed by atoms with E-state index in [0.717, 1.165) is 0 Å². The summed E-state index contributed by atoms with van der Waals surface area (Å²) in [6, 6.07) is 79.0. The Labute approximate surface area is 357 Å². The molecule has 1 amide bonds. The van der Waals surface area contributed by atoms with Gasteiger partial charge in [0.25, 0.3) is 5.91 Å². The van der Waals surface area contributed by atoms with Gasteiger partial charge in [0.05, 0.1) is 11.9 Å². The number of rotatable bonds is 9. The minimum absolute atomic E-state index is 0. The normalized spacial score (nSPS) is 10.0. The van der Waals surface area contributed by atoms with Crippen LogP contribution in [0.4, 0.5) is 0 Å². The fraction of sp³-hybridized carbons (Fsp3) is 0. The molecule has 1 heterocycles. The van der Waals surface area contributed by atoms with Gasteiger partial charge in [-0.2, -0.15) is 5.10 Å². The van der Waals surface area contributed by atoms with E-state index in [0.29, 0.717) is 11.3 Å².